The van der Waals surface area contributed by atoms with E-state index in [4.69, 9.17) is 0 Å². The first kappa shape index (κ1) is 14.2. The van der Waals surface area contributed by atoms with Crippen molar-refractivity contribution in [3.05, 3.63) is 77.4 Å². The van der Waals surface area contributed by atoms with Gasteiger partial charge in [-0.1, -0.05) is 42.5 Å². The Hall–Kier alpha value is -2.17. The number of halogens is 5. The highest BCUT2D eigenvalue weighted by Gasteiger charge is 2.30. The molecule has 0 nitrogen and oxygen atoms in total. The Kier molecular flexibility index (Phi) is 3.88. The molecule has 2 rings (SSSR count). The van der Waals surface area contributed by atoms with E-state index in [2.05, 4.69) is 0 Å². The first-order valence-electron chi connectivity index (χ1n) is 5.68. The normalized spacial score (nSPS) is 11.2. The zero-order chi connectivity index (χ0) is 14.8. The molecule has 2 aromatic carbocycles. The number of alkyl halides is 3. The summed E-state index contributed by atoms with van der Waals surface area (Å²) in [5.74, 6) is 0. The molecular formula is C15H9F5. The van der Waals surface area contributed by atoms with E-state index in [1.807, 2.05) is 0 Å². The molecule has 0 heterocycles. The first-order valence-corrected chi connectivity index (χ1v) is 5.68. The van der Waals surface area contributed by atoms with Crippen LogP contribution in [-0.2, 0) is 6.18 Å². The lowest BCUT2D eigenvalue weighted by Crippen LogP contribution is -2.04. The Balaban J connectivity index is 2.46. The van der Waals surface area contributed by atoms with E-state index in [1.165, 1.54) is 12.1 Å². The topological polar surface area (TPSA) is 0 Å². The second kappa shape index (κ2) is 5.45. The zero-order valence-electron chi connectivity index (χ0n) is 10.1. The summed E-state index contributed by atoms with van der Waals surface area (Å²) in [7, 11) is 0. The average molecular weight is 284 g/mol. The van der Waals surface area contributed by atoms with Crippen LogP contribution in [0.1, 0.15) is 16.7 Å². The minimum Gasteiger partial charge on any atom is -0.173 e. The van der Waals surface area contributed by atoms with Gasteiger partial charge in [0.15, 0.2) is 0 Å². The fourth-order valence-electron chi connectivity index (χ4n) is 1.82. The van der Waals surface area contributed by atoms with Crippen molar-refractivity contribution < 1.29 is 22.0 Å². The highest BCUT2D eigenvalue weighted by Crippen LogP contribution is 2.32. The van der Waals surface area contributed by atoms with Crippen molar-refractivity contribution in [2.75, 3.05) is 0 Å². The van der Waals surface area contributed by atoms with Crippen molar-refractivity contribution in [3.8, 4) is 0 Å². The van der Waals surface area contributed by atoms with Crippen LogP contribution < -0.4 is 0 Å². The molecule has 0 bridgehead atoms. The van der Waals surface area contributed by atoms with Crippen LogP contribution in [0, 0.1) is 0 Å². The summed E-state index contributed by atoms with van der Waals surface area (Å²) in [6, 6.07) is 11.5. The van der Waals surface area contributed by atoms with Gasteiger partial charge in [0.1, 0.15) is 0 Å². The molecule has 0 aliphatic heterocycles. The van der Waals surface area contributed by atoms with Crippen molar-refractivity contribution in [2.24, 2.45) is 0 Å². The van der Waals surface area contributed by atoms with Crippen molar-refractivity contribution in [1.82, 2.24) is 0 Å². The molecule has 0 saturated heterocycles. The van der Waals surface area contributed by atoms with Crippen molar-refractivity contribution >= 4 is 5.57 Å². The summed E-state index contributed by atoms with van der Waals surface area (Å²) in [6.07, 6.45) is -6.42. The Morgan fingerprint density at radius 3 is 1.65 bits per heavy atom. The minimum absolute atomic E-state index is 0.0456. The fraction of sp³-hybridized carbons (Fsp3) is 0.0667. The molecule has 0 amide bonds. The molecule has 0 aromatic heterocycles. The smallest absolute Gasteiger partial charge is 0.173 e. The van der Waals surface area contributed by atoms with Gasteiger partial charge in [0.05, 0.1) is 11.1 Å². The van der Waals surface area contributed by atoms with Gasteiger partial charge in [-0.2, -0.15) is 22.0 Å². The van der Waals surface area contributed by atoms with E-state index in [0.717, 1.165) is 24.3 Å². The van der Waals surface area contributed by atoms with Crippen LogP contribution in [0.2, 0.25) is 0 Å². The quantitative estimate of drug-likeness (QED) is 0.651. The molecule has 20 heavy (non-hydrogen) atoms. The van der Waals surface area contributed by atoms with Crippen molar-refractivity contribution in [2.45, 2.75) is 6.18 Å². The SMILES string of the molecule is FC(F)=C(c1ccccc1)c1ccc(C(F)(F)F)cc1. The molecule has 5 heteroatoms. The molecule has 0 aliphatic rings. The summed E-state index contributed by atoms with van der Waals surface area (Å²) in [5.41, 5.74) is -0.927. The summed E-state index contributed by atoms with van der Waals surface area (Å²) >= 11 is 0. The second-order valence-electron chi connectivity index (χ2n) is 4.08. The Morgan fingerprint density at radius 2 is 1.20 bits per heavy atom. The van der Waals surface area contributed by atoms with Crippen molar-refractivity contribution in [1.29, 1.82) is 0 Å². The standard InChI is InChI=1S/C15H9F5/c16-14(17)13(10-4-2-1-3-5-10)11-6-8-12(9-7-11)15(18,19)20/h1-9H. The highest BCUT2D eigenvalue weighted by atomic mass is 19.4. The predicted octanol–water partition coefficient (Wildman–Crippen LogP) is 5.36. The predicted molar refractivity (Wildman–Crippen MR) is 66.1 cm³/mol. The van der Waals surface area contributed by atoms with Gasteiger partial charge in [-0.05, 0) is 23.3 Å². The van der Waals surface area contributed by atoms with E-state index < -0.39 is 17.8 Å². The number of rotatable bonds is 2. The van der Waals surface area contributed by atoms with Crippen LogP contribution in [0.25, 0.3) is 5.57 Å². The minimum atomic E-state index is -4.48. The summed E-state index contributed by atoms with van der Waals surface area (Å²) in [6.45, 7) is 0. The largest absolute Gasteiger partial charge is 0.416 e. The van der Waals surface area contributed by atoms with Gasteiger partial charge in [-0.25, -0.2) is 0 Å². The lowest BCUT2D eigenvalue weighted by molar-refractivity contribution is -0.137. The molecule has 104 valence electrons. The van der Waals surface area contributed by atoms with Crippen LogP contribution in [0.4, 0.5) is 22.0 Å². The summed E-state index contributed by atoms with van der Waals surface area (Å²) < 4.78 is 63.5. The number of hydrogen-bond donors (Lipinski definition) is 0. The molecule has 0 spiro atoms. The number of hydrogen-bond acceptors (Lipinski definition) is 0. The molecule has 0 saturated carbocycles. The number of benzene rings is 2. The Labute approximate surface area is 112 Å². The van der Waals surface area contributed by atoms with Crippen molar-refractivity contribution in [3.63, 3.8) is 0 Å². The molecule has 0 atom stereocenters. The van der Waals surface area contributed by atoms with Crippen LogP contribution in [0.15, 0.2) is 60.7 Å². The van der Waals surface area contributed by atoms with E-state index >= 15 is 0 Å². The van der Waals surface area contributed by atoms with Gasteiger partial charge >= 0.3 is 6.18 Å². The van der Waals surface area contributed by atoms with Gasteiger partial charge < -0.3 is 0 Å². The van der Waals surface area contributed by atoms with Gasteiger partial charge in [0.2, 0.25) is 0 Å². The summed E-state index contributed by atoms with van der Waals surface area (Å²) in [4.78, 5) is 0. The maximum absolute atomic E-state index is 13.1. The maximum Gasteiger partial charge on any atom is 0.416 e. The van der Waals surface area contributed by atoms with E-state index in [1.54, 1.807) is 18.2 Å². The van der Waals surface area contributed by atoms with Gasteiger partial charge in [0, 0.05) is 0 Å². The lowest BCUT2D eigenvalue weighted by Gasteiger charge is -2.10. The lowest BCUT2D eigenvalue weighted by atomic mass is 9.98. The van der Waals surface area contributed by atoms with Gasteiger partial charge in [0.25, 0.3) is 6.08 Å². The van der Waals surface area contributed by atoms with E-state index in [-0.39, 0.29) is 16.7 Å². The summed E-state index contributed by atoms with van der Waals surface area (Å²) in [5, 5.41) is 0. The highest BCUT2D eigenvalue weighted by molar-refractivity contribution is 5.80. The van der Waals surface area contributed by atoms with Crippen LogP contribution >= 0.6 is 0 Å². The Bertz CT molecular complexity index is 605. The average Bonchev–Trinajstić information content (AvgIpc) is 2.39. The van der Waals surface area contributed by atoms with Gasteiger partial charge in [-0.15, -0.1) is 0 Å². The van der Waals surface area contributed by atoms with Crippen LogP contribution in [0.5, 0.6) is 0 Å². The molecule has 0 unspecified atom stereocenters. The van der Waals surface area contributed by atoms with Crippen LogP contribution in [0.3, 0.4) is 0 Å². The monoisotopic (exact) mass is 284 g/mol. The second-order valence-corrected chi connectivity index (χ2v) is 4.08. The molecular weight excluding hydrogens is 275 g/mol. The molecule has 0 N–H and O–H groups in total. The molecule has 0 fully saturated rings. The third-order valence-electron chi connectivity index (χ3n) is 2.75. The van der Waals surface area contributed by atoms with E-state index in [9.17, 15) is 22.0 Å². The molecule has 2 aromatic rings. The van der Waals surface area contributed by atoms with Gasteiger partial charge in [-0.3, -0.25) is 0 Å². The van der Waals surface area contributed by atoms with Crippen LogP contribution in [-0.4, -0.2) is 0 Å². The third kappa shape index (κ3) is 3.04. The third-order valence-corrected chi connectivity index (χ3v) is 2.75. The maximum atomic E-state index is 13.1. The molecule has 0 radical (unpaired) electrons. The molecule has 0 aliphatic carbocycles. The Morgan fingerprint density at radius 1 is 0.700 bits per heavy atom. The first-order chi connectivity index (χ1) is 9.39. The fourth-order valence-corrected chi connectivity index (χ4v) is 1.82. The zero-order valence-corrected chi connectivity index (χ0v) is 10.1. The van der Waals surface area contributed by atoms with E-state index in [0.29, 0.717) is 0 Å².